The number of carbonyl (C=O) groups excluding carboxylic acids is 2. The van der Waals surface area contributed by atoms with E-state index in [9.17, 15) is 62.3 Å². The van der Waals surface area contributed by atoms with E-state index < -0.39 is 97.7 Å². The second kappa shape index (κ2) is 12.6. The largest absolute Gasteiger partial charge is 0.435 e. The Balaban J connectivity index is 2.01. The van der Waals surface area contributed by atoms with Gasteiger partial charge in [0.1, 0.15) is 11.4 Å². The van der Waals surface area contributed by atoms with Gasteiger partial charge in [0.2, 0.25) is 0 Å². The third kappa shape index (κ3) is 7.27. The lowest BCUT2D eigenvalue weighted by molar-refractivity contribution is -0.348. The smallest absolute Gasteiger partial charge is 0.434 e. The number of Topliss-reactive ketones (excluding diaryl/α,β-unsaturated/α-hetero) is 1. The van der Waals surface area contributed by atoms with Crippen molar-refractivity contribution in [3.8, 4) is 5.75 Å². The molecule has 19 heteroatoms. The van der Waals surface area contributed by atoms with Crippen LogP contribution in [0.1, 0.15) is 37.5 Å². The highest BCUT2D eigenvalue weighted by Gasteiger charge is 2.73. The summed E-state index contributed by atoms with van der Waals surface area (Å²) >= 11 is 1.05. The Bertz CT molecular complexity index is 1570. The summed E-state index contributed by atoms with van der Waals surface area (Å²) in [6, 6.07) is 3.81. The topological polar surface area (TPSA) is 59.5 Å². The highest BCUT2D eigenvalue weighted by Crippen LogP contribution is 2.54. The fraction of sp³-hybridized carbons (Fsp3) is 0.269. The Hall–Kier alpha value is -3.65. The molecule has 0 N–H and O–H groups in total. The number of ether oxygens (including phenoxy) is 1. The molecule has 0 saturated carbocycles. The molecule has 0 aliphatic carbocycles. The molecule has 3 aromatic rings. The molecule has 0 radical (unpaired) electrons. The van der Waals surface area contributed by atoms with Gasteiger partial charge in [-0.2, -0.15) is 48.3 Å². The second-order valence-electron chi connectivity index (χ2n) is 9.00. The number of rotatable bonds is 8. The number of ketones is 1. The maximum Gasteiger partial charge on any atom is 0.435 e. The zero-order chi connectivity index (χ0) is 34.3. The standard InChI is InChI=1S/C26H14F13IN2O3/c1-42(21(44)11-5-6-19(41-10-11)24(31,32)33)16-4-2-3-13(20(16)27)17(43)9-14-15(40)7-12(8-18(14)45-22(28)29)23(30,25(34,35)36)26(37,38)39/h2-8,10,22H,9H2,1H3. The minimum Gasteiger partial charge on any atom is -0.434 e. The highest BCUT2D eigenvalue weighted by atomic mass is 127. The Morgan fingerprint density at radius 1 is 0.933 bits per heavy atom. The van der Waals surface area contributed by atoms with Crippen LogP contribution in [0.4, 0.5) is 62.8 Å². The molecule has 0 aliphatic rings. The lowest BCUT2D eigenvalue weighted by Crippen LogP contribution is -2.50. The lowest BCUT2D eigenvalue weighted by Gasteiger charge is -2.31. The summed E-state index contributed by atoms with van der Waals surface area (Å²) < 4.78 is 177. The first kappa shape index (κ1) is 35.8. The quantitative estimate of drug-likeness (QED) is 0.131. The summed E-state index contributed by atoms with van der Waals surface area (Å²) in [5.41, 5.74) is -12.2. The molecule has 0 spiro atoms. The van der Waals surface area contributed by atoms with Gasteiger partial charge in [-0.05, 0) is 59.0 Å². The van der Waals surface area contributed by atoms with Gasteiger partial charge >= 0.3 is 30.8 Å². The summed E-state index contributed by atoms with van der Waals surface area (Å²) in [6.45, 7) is -3.87. The zero-order valence-electron chi connectivity index (χ0n) is 21.8. The fourth-order valence-corrected chi connectivity index (χ4v) is 4.70. The van der Waals surface area contributed by atoms with E-state index in [1.165, 1.54) is 0 Å². The van der Waals surface area contributed by atoms with Crippen LogP contribution in [0.25, 0.3) is 0 Å². The van der Waals surface area contributed by atoms with E-state index >= 15 is 4.39 Å². The molecular weight excluding hydrogens is 762 g/mol. The van der Waals surface area contributed by atoms with Crippen molar-refractivity contribution in [1.82, 2.24) is 4.98 Å². The molecule has 0 saturated heterocycles. The van der Waals surface area contributed by atoms with Crippen LogP contribution in [0.3, 0.4) is 0 Å². The normalized spacial score (nSPS) is 12.8. The van der Waals surface area contributed by atoms with Gasteiger partial charge in [-0.25, -0.2) is 8.78 Å². The lowest BCUT2D eigenvalue weighted by atomic mass is 9.91. The van der Waals surface area contributed by atoms with Gasteiger partial charge in [0, 0.05) is 34.4 Å². The SMILES string of the molecule is CN(C(=O)c1ccc(C(F)(F)F)nc1)c1cccc(C(=O)Cc2c(I)cc(C(F)(C(F)(F)F)C(F)(F)F)cc2OC(F)F)c1F. The van der Waals surface area contributed by atoms with Gasteiger partial charge in [0.15, 0.2) is 11.6 Å². The van der Waals surface area contributed by atoms with Crippen molar-refractivity contribution < 1.29 is 71.4 Å². The van der Waals surface area contributed by atoms with E-state index in [-0.39, 0.29) is 12.1 Å². The van der Waals surface area contributed by atoms with E-state index in [0.717, 1.165) is 53.9 Å². The maximum atomic E-state index is 15.4. The zero-order valence-corrected chi connectivity index (χ0v) is 24.0. The molecule has 1 heterocycles. The number of aromatic nitrogens is 1. The van der Waals surface area contributed by atoms with Gasteiger partial charge in [-0.1, -0.05) is 6.07 Å². The van der Waals surface area contributed by atoms with Crippen LogP contribution in [-0.2, 0) is 18.3 Å². The summed E-state index contributed by atoms with van der Waals surface area (Å²) in [7, 11) is 0.980. The number of carbonyl (C=O) groups is 2. The van der Waals surface area contributed by atoms with E-state index in [1.54, 1.807) is 0 Å². The van der Waals surface area contributed by atoms with Crippen LogP contribution < -0.4 is 9.64 Å². The number of nitrogens with zero attached hydrogens (tertiary/aromatic N) is 2. The molecule has 0 fully saturated rings. The highest BCUT2D eigenvalue weighted by molar-refractivity contribution is 14.1. The molecule has 0 bridgehead atoms. The van der Waals surface area contributed by atoms with Crippen LogP contribution in [0.2, 0.25) is 0 Å². The molecule has 45 heavy (non-hydrogen) atoms. The van der Waals surface area contributed by atoms with E-state index in [1.807, 2.05) is 0 Å². The second-order valence-corrected chi connectivity index (χ2v) is 10.2. The molecule has 3 rings (SSSR count). The molecule has 0 unspecified atom stereocenters. The summed E-state index contributed by atoms with van der Waals surface area (Å²) in [4.78, 5) is 29.5. The molecule has 1 aromatic heterocycles. The van der Waals surface area contributed by atoms with E-state index in [0.29, 0.717) is 17.2 Å². The third-order valence-electron chi connectivity index (χ3n) is 6.13. The Morgan fingerprint density at radius 3 is 2.02 bits per heavy atom. The average molecular weight is 776 g/mol. The van der Waals surface area contributed by atoms with Crippen molar-refractivity contribution in [1.29, 1.82) is 0 Å². The van der Waals surface area contributed by atoms with Crippen molar-refractivity contribution >= 4 is 40.0 Å². The summed E-state index contributed by atoms with van der Waals surface area (Å²) in [5, 5.41) is 0. The van der Waals surface area contributed by atoms with Crippen LogP contribution in [-0.4, -0.2) is 42.7 Å². The third-order valence-corrected chi connectivity index (χ3v) is 7.10. The van der Waals surface area contributed by atoms with E-state index in [2.05, 4.69) is 9.72 Å². The number of halogens is 14. The molecule has 0 atom stereocenters. The number of pyridine rings is 1. The van der Waals surface area contributed by atoms with Gasteiger partial charge in [-0.15, -0.1) is 0 Å². The molecular formula is C26H14F13IN2O3. The average Bonchev–Trinajstić information content (AvgIpc) is 2.91. The van der Waals surface area contributed by atoms with Crippen molar-refractivity contribution in [3.05, 3.63) is 86.0 Å². The van der Waals surface area contributed by atoms with Crippen molar-refractivity contribution in [2.45, 2.75) is 37.2 Å². The fourth-order valence-electron chi connectivity index (χ4n) is 3.91. The number of amides is 1. The van der Waals surface area contributed by atoms with Gasteiger partial charge < -0.3 is 9.64 Å². The maximum absolute atomic E-state index is 15.4. The van der Waals surface area contributed by atoms with Crippen molar-refractivity contribution in [2.24, 2.45) is 0 Å². The Kier molecular flexibility index (Phi) is 10.1. The first-order valence-corrected chi connectivity index (χ1v) is 12.8. The first-order valence-electron chi connectivity index (χ1n) is 11.7. The first-order chi connectivity index (χ1) is 20.5. The molecule has 5 nitrogen and oxygen atoms in total. The van der Waals surface area contributed by atoms with Gasteiger partial charge in [0.25, 0.3) is 5.91 Å². The van der Waals surface area contributed by atoms with Crippen LogP contribution in [0.15, 0.2) is 48.7 Å². The van der Waals surface area contributed by atoms with Gasteiger partial charge in [-0.3, -0.25) is 14.6 Å². The predicted octanol–water partition coefficient (Wildman–Crippen LogP) is 8.44. The van der Waals surface area contributed by atoms with Crippen molar-refractivity contribution in [2.75, 3.05) is 11.9 Å². The Morgan fingerprint density at radius 2 is 1.53 bits per heavy atom. The van der Waals surface area contributed by atoms with Gasteiger partial charge in [0.05, 0.1) is 16.8 Å². The summed E-state index contributed by atoms with van der Waals surface area (Å²) in [6.07, 6.45) is -18.6. The number of hydrogen-bond acceptors (Lipinski definition) is 4. The molecule has 2 aromatic carbocycles. The van der Waals surface area contributed by atoms with Crippen LogP contribution in [0, 0.1) is 9.39 Å². The minimum atomic E-state index is -6.60. The Labute approximate surface area is 257 Å². The molecule has 244 valence electrons. The predicted molar refractivity (Wildman–Crippen MR) is 137 cm³/mol. The minimum absolute atomic E-state index is 0.0137. The monoisotopic (exact) mass is 776 g/mol. The number of benzene rings is 2. The van der Waals surface area contributed by atoms with E-state index in [4.69, 9.17) is 0 Å². The van der Waals surface area contributed by atoms with Crippen molar-refractivity contribution in [3.63, 3.8) is 0 Å². The van der Waals surface area contributed by atoms with Crippen LogP contribution >= 0.6 is 22.6 Å². The summed E-state index contributed by atoms with van der Waals surface area (Å²) in [5.74, 6) is -5.23. The number of hydrogen-bond donors (Lipinski definition) is 0. The number of alkyl halides is 12. The molecule has 1 amide bonds. The van der Waals surface area contributed by atoms with Crippen LogP contribution in [0.5, 0.6) is 5.75 Å². The molecule has 0 aliphatic heterocycles. The number of anilines is 1.